The van der Waals surface area contributed by atoms with Crippen molar-refractivity contribution in [1.82, 2.24) is 5.32 Å². The number of benzene rings is 1. The van der Waals surface area contributed by atoms with Crippen molar-refractivity contribution in [3.8, 4) is 0 Å². The van der Waals surface area contributed by atoms with Gasteiger partial charge in [-0.05, 0) is 63.0 Å². The summed E-state index contributed by atoms with van der Waals surface area (Å²) in [6.07, 6.45) is 1.98. The van der Waals surface area contributed by atoms with Crippen molar-refractivity contribution < 1.29 is 9.13 Å². The van der Waals surface area contributed by atoms with E-state index in [1.165, 1.54) is 11.6 Å². The highest BCUT2D eigenvalue weighted by Crippen LogP contribution is 2.10. The van der Waals surface area contributed by atoms with Crippen LogP contribution in [0.3, 0.4) is 0 Å². The third-order valence-corrected chi connectivity index (χ3v) is 2.72. The summed E-state index contributed by atoms with van der Waals surface area (Å²) in [5.41, 5.74) is 2.24. The lowest BCUT2D eigenvalue weighted by Gasteiger charge is -2.07. The zero-order valence-corrected chi connectivity index (χ0v) is 10.8. The topological polar surface area (TPSA) is 21.3 Å². The molecular weight excluding hydrogens is 217 g/mol. The third kappa shape index (κ3) is 5.80. The highest BCUT2D eigenvalue weighted by atomic mass is 19.1. The fraction of sp³-hybridized carbons (Fsp3) is 0.571. The van der Waals surface area contributed by atoms with Crippen LogP contribution in [0.25, 0.3) is 0 Å². The second kappa shape index (κ2) is 8.20. The van der Waals surface area contributed by atoms with Gasteiger partial charge in [-0.2, -0.15) is 0 Å². The molecular formula is C14H22FNO. The highest BCUT2D eigenvalue weighted by Gasteiger charge is 1.99. The summed E-state index contributed by atoms with van der Waals surface area (Å²) in [7, 11) is 0. The Morgan fingerprint density at radius 3 is 2.82 bits per heavy atom. The Morgan fingerprint density at radius 2 is 2.12 bits per heavy atom. The lowest BCUT2D eigenvalue weighted by molar-refractivity contribution is 0.145. The number of aryl methyl sites for hydroxylation is 1. The molecule has 0 bridgehead atoms. The van der Waals surface area contributed by atoms with Crippen LogP contribution in [0.1, 0.15) is 24.5 Å². The molecule has 17 heavy (non-hydrogen) atoms. The van der Waals surface area contributed by atoms with Crippen LogP contribution < -0.4 is 5.32 Å². The molecule has 0 aliphatic rings. The molecule has 0 aromatic heterocycles. The van der Waals surface area contributed by atoms with Gasteiger partial charge >= 0.3 is 0 Å². The molecule has 0 aliphatic heterocycles. The molecule has 96 valence electrons. The Labute approximate surface area is 103 Å². The predicted octanol–water partition coefficient (Wildman–Crippen LogP) is 2.69. The van der Waals surface area contributed by atoms with Gasteiger partial charge < -0.3 is 10.1 Å². The van der Waals surface area contributed by atoms with Crippen LogP contribution >= 0.6 is 0 Å². The second-order valence-electron chi connectivity index (χ2n) is 4.12. The molecule has 2 nitrogen and oxygen atoms in total. The van der Waals surface area contributed by atoms with Crippen molar-refractivity contribution in [2.75, 3.05) is 26.3 Å². The smallest absolute Gasteiger partial charge is 0.123 e. The van der Waals surface area contributed by atoms with Crippen LogP contribution in [-0.2, 0) is 11.2 Å². The van der Waals surface area contributed by atoms with E-state index in [0.29, 0.717) is 0 Å². The Hall–Kier alpha value is -0.930. The maximum atomic E-state index is 12.9. The summed E-state index contributed by atoms with van der Waals surface area (Å²) in [4.78, 5) is 0. The number of nitrogens with one attached hydrogen (secondary N) is 1. The zero-order valence-electron chi connectivity index (χ0n) is 10.8. The molecule has 0 unspecified atom stereocenters. The number of halogens is 1. The molecule has 1 aromatic rings. The molecule has 1 rings (SSSR count). The van der Waals surface area contributed by atoms with Crippen LogP contribution in [0.2, 0.25) is 0 Å². The zero-order chi connectivity index (χ0) is 12.5. The SMILES string of the molecule is CCOCCCNCCc1ccc(F)cc1C. The molecule has 0 heterocycles. The van der Waals surface area contributed by atoms with Crippen LogP contribution in [0.4, 0.5) is 4.39 Å². The predicted molar refractivity (Wildman–Crippen MR) is 68.8 cm³/mol. The van der Waals surface area contributed by atoms with E-state index in [0.717, 1.165) is 44.7 Å². The molecule has 3 heteroatoms. The van der Waals surface area contributed by atoms with Gasteiger partial charge in [-0.1, -0.05) is 6.07 Å². The first-order valence-electron chi connectivity index (χ1n) is 6.27. The molecule has 0 fully saturated rings. The lowest BCUT2D eigenvalue weighted by atomic mass is 10.1. The second-order valence-corrected chi connectivity index (χ2v) is 4.12. The first-order valence-corrected chi connectivity index (χ1v) is 6.27. The standard InChI is InChI=1S/C14H22FNO/c1-3-17-10-4-8-16-9-7-13-5-6-14(15)11-12(13)2/h5-6,11,16H,3-4,7-10H2,1-2H3. The van der Waals surface area contributed by atoms with Gasteiger partial charge in [-0.3, -0.25) is 0 Å². The molecule has 1 N–H and O–H groups in total. The van der Waals surface area contributed by atoms with Crippen molar-refractivity contribution in [1.29, 1.82) is 0 Å². The molecule has 0 amide bonds. The van der Waals surface area contributed by atoms with Gasteiger partial charge in [-0.15, -0.1) is 0 Å². The van der Waals surface area contributed by atoms with E-state index < -0.39 is 0 Å². The summed E-state index contributed by atoms with van der Waals surface area (Å²) in [5.74, 6) is -0.157. The number of hydrogen-bond donors (Lipinski definition) is 1. The summed E-state index contributed by atoms with van der Waals surface area (Å²) >= 11 is 0. The van der Waals surface area contributed by atoms with Crippen LogP contribution in [0.15, 0.2) is 18.2 Å². The monoisotopic (exact) mass is 239 g/mol. The summed E-state index contributed by atoms with van der Waals surface area (Å²) in [5, 5.41) is 3.36. The maximum absolute atomic E-state index is 12.9. The Morgan fingerprint density at radius 1 is 1.29 bits per heavy atom. The first-order chi connectivity index (χ1) is 8.24. The largest absolute Gasteiger partial charge is 0.382 e. The fourth-order valence-corrected chi connectivity index (χ4v) is 1.73. The van der Waals surface area contributed by atoms with E-state index in [4.69, 9.17) is 4.74 Å². The minimum atomic E-state index is -0.157. The van der Waals surface area contributed by atoms with E-state index in [9.17, 15) is 4.39 Å². The average Bonchev–Trinajstić information content (AvgIpc) is 2.30. The van der Waals surface area contributed by atoms with E-state index in [1.54, 1.807) is 6.07 Å². The first kappa shape index (κ1) is 14.1. The summed E-state index contributed by atoms with van der Waals surface area (Å²) in [6.45, 7) is 7.46. The Kier molecular flexibility index (Phi) is 6.82. The van der Waals surface area contributed by atoms with Gasteiger partial charge in [0, 0.05) is 13.2 Å². The van der Waals surface area contributed by atoms with Gasteiger partial charge in [0.15, 0.2) is 0 Å². The third-order valence-electron chi connectivity index (χ3n) is 2.72. The van der Waals surface area contributed by atoms with Crippen LogP contribution in [0.5, 0.6) is 0 Å². The molecule has 0 saturated carbocycles. The average molecular weight is 239 g/mol. The Balaban J connectivity index is 2.14. The van der Waals surface area contributed by atoms with Crippen molar-refractivity contribution in [2.45, 2.75) is 26.7 Å². The number of ether oxygens (including phenoxy) is 1. The normalized spacial score (nSPS) is 10.8. The highest BCUT2D eigenvalue weighted by molar-refractivity contribution is 5.26. The molecule has 1 aromatic carbocycles. The van der Waals surface area contributed by atoms with Crippen molar-refractivity contribution >= 4 is 0 Å². The van der Waals surface area contributed by atoms with Crippen molar-refractivity contribution in [2.24, 2.45) is 0 Å². The summed E-state index contributed by atoms with van der Waals surface area (Å²) < 4.78 is 18.1. The van der Waals surface area contributed by atoms with Gasteiger partial charge in [0.2, 0.25) is 0 Å². The Bertz CT molecular complexity index is 328. The van der Waals surface area contributed by atoms with Crippen molar-refractivity contribution in [3.05, 3.63) is 35.1 Å². The van der Waals surface area contributed by atoms with Crippen LogP contribution in [0, 0.1) is 12.7 Å². The van der Waals surface area contributed by atoms with E-state index >= 15 is 0 Å². The molecule has 0 radical (unpaired) electrons. The molecule has 0 atom stereocenters. The van der Waals surface area contributed by atoms with E-state index in [1.807, 2.05) is 19.9 Å². The van der Waals surface area contributed by atoms with Crippen molar-refractivity contribution in [3.63, 3.8) is 0 Å². The van der Waals surface area contributed by atoms with Gasteiger partial charge in [-0.25, -0.2) is 4.39 Å². The minimum Gasteiger partial charge on any atom is -0.382 e. The minimum absolute atomic E-state index is 0.157. The molecule has 0 aliphatic carbocycles. The van der Waals surface area contributed by atoms with E-state index in [2.05, 4.69) is 5.32 Å². The molecule has 0 spiro atoms. The molecule has 0 saturated heterocycles. The number of hydrogen-bond acceptors (Lipinski definition) is 2. The quantitative estimate of drug-likeness (QED) is 0.704. The summed E-state index contributed by atoms with van der Waals surface area (Å²) in [6, 6.07) is 4.98. The maximum Gasteiger partial charge on any atom is 0.123 e. The lowest BCUT2D eigenvalue weighted by Crippen LogP contribution is -2.20. The van der Waals surface area contributed by atoms with Gasteiger partial charge in [0.1, 0.15) is 5.82 Å². The number of rotatable bonds is 8. The van der Waals surface area contributed by atoms with Gasteiger partial charge in [0.25, 0.3) is 0 Å². The van der Waals surface area contributed by atoms with Crippen LogP contribution in [-0.4, -0.2) is 26.3 Å². The fourth-order valence-electron chi connectivity index (χ4n) is 1.73. The van der Waals surface area contributed by atoms with E-state index in [-0.39, 0.29) is 5.82 Å². The van der Waals surface area contributed by atoms with Gasteiger partial charge in [0.05, 0.1) is 0 Å².